The molecule has 0 aliphatic carbocycles. The first-order chi connectivity index (χ1) is 12.0. The summed E-state index contributed by atoms with van der Waals surface area (Å²) in [6.07, 6.45) is 0. The summed E-state index contributed by atoms with van der Waals surface area (Å²) in [4.78, 5) is 12.7. The molecular formula is C16H23N5O3S2. The summed E-state index contributed by atoms with van der Waals surface area (Å²) < 4.78 is 27.5. The predicted octanol–water partition coefficient (Wildman–Crippen LogP) is 1.80. The Labute approximate surface area is 158 Å². The Balaban J connectivity index is 2.19. The lowest BCUT2D eigenvalue weighted by atomic mass is 10.2. The highest BCUT2D eigenvalue weighted by atomic mass is 32.2. The first kappa shape index (κ1) is 20.4. The normalized spacial score (nSPS) is 13.0. The van der Waals surface area contributed by atoms with E-state index < -0.39 is 15.3 Å². The van der Waals surface area contributed by atoms with Crippen molar-refractivity contribution in [2.24, 2.45) is 7.05 Å². The zero-order chi connectivity index (χ0) is 19.6. The molecule has 2 aromatic rings. The number of carbonyl (C=O) groups is 1. The molecule has 0 radical (unpaired) electrons. The minimum atomic E-state index is -3.57. The summed E-state index contributed by atoms with van der Waals surface area (Å²) >= 11 is 1.29. The number of hydrogen-bond donors (Lipinski definition) is 1. The van der Waals surface area contributed by atoms with Crippen LogP contribution in [0.25, 0.3) is 0 Å². The molecule has 0 saturated carbocycles. The van der Waals surface area contributed by atoms with Gasteiger partial charge in [-0.25, -0.2) is 12.7 Å². The van der Waals surface area contributed by atoms with Crippen molar-refractivity contribution in [1.82, 2.24) is 19.1 Å². The van der Waals surface area contributed by atoms with Crippen LogP contribution in [-0.2, 0) is 21.9 Å². The molecular weight excluding hydrogens is 374 g/mol. The highest BCUT2D eigenvalue weighted by molar-refractivity contribution is 8.00. The Morgan fingerprint density at radius 3 is 2.46 bits per heavy atom. The topological polar surface area (TPSA) is 97.2 Å². The first-order valence-corrected chi connectivity index (χ1v) is 10.2. The Morgan fingerprint density at radius 2 is 1.92 bits per heavy atom. The quantitative estimate of drug-likeness (QED) is 0.747. The molecule has 1 heterocycles. The molecule has 0 saturated heterocycles. The fourth-order valence-corrected chi connectivity index (χ4v) is 3.83. The van der Waals surface area contributed by atoms with Crippen LogP contribution in [0.3, 0.4) is 0 Å². The van der Waals surface area contributed by atoms with Crippen LogP contribution in [0.15, 0.2) is 28.3 Å². The van der Waals surface area contributed by atoms with E-state index in [0.717, 1.165) is 15.7 Å². The van der Waals surface area contributed by atoms with E-state index in [0.29, 0.717) is 10.8 Å². The van der Waals surface area contributed by atoms with Crippen molar-refractivity contribution in [3.8, 4) is 0 Å². The molecule has 1 N–H and O–H groups in total. The number of anilines is 1. The molecule has 2 rings (SSSR count). The van der Waals surface area contributed by atoms with E-state index in [1.165, 1.54) is 38.0 Å². The van der Waals surface area contributed by atoms with Gasteiger partial charge in [0.15, 0.2) is 5.16 Å². The predicted molar refractivity (Wildman–Crippen MR) is 102 cm³/mol. The second-order valence-corrected chi connectivity index (χ2v) is 9.56. The summed E-state index contributed by atoms with van der Waals surface area (Å²) in [5.41, 5.74) is 1.25. The molecule has 0 aliphatic rings. The van der Waals surface area contributed by atoms with E-state index >= 15 is 0 Å². The maximum absolute atomic E-state index is 12.5. The lowest BCUT2D eigenvalue weighted by Gasteiger charge is -2.16. The zero-order valence-corrected chi connectivity index (χ0v) is 17.3. The molecule has 0 spiro atoms. The van der Waals surface area contributed by atoms with Crippen molar-refractivity contribution in [3.05, 3.63) is 29.6 Å². The van der Waals surface area contributed by atoms with Crippen LogP contribution in [0.4, 0.5) is 5.69 Å². The van der Waals surface area contributed by atoms with Gasteiger partial charge in [0.25, 0.3) is 0 Å². The minimum Gasteiger partial charge on any atom is -0.325 e. The van der Waals surface area contributed by atoms with E-state index in [1.807, 2.05) is 25.5 Å². The van der Waals surface area contributed by atoms with Crippen molar-refractivity contribution in [1.29, 1.82) is 0 Å². The van der Waals surface area contributed by atoms with Crippen LogP contribution in [0.2, 0.25) is 0 Å². The van der Waals surface area contributed by atoms with Crippen LogP contribution in [0.5, 0.6) is 0 Å². The zero-order valence-electron chi connectivity index (χ0n) is 15.6. The van der Waals surface area contributed by atoms with Crippen LogP contribution in [0.1, 0.15) is 18.3 Å². The van der Waals surface area contributed by atoms with Gasteiger partial charge in [-0.1, -0.05) is 17.8 Å². The summed E-state index contributed by atoms with van der Waals surface area (Å²) in [6.45, 7) is 5.41. The van der Waals surface area contributed by atoms with Gasteiger partial charge in [0.05, 0.1) is 10.1 Å². The molecule has 10 heteroatoms. The first-order valence-electron chi connectivity index (χ1n) is 7.90. The van der Waals surface area contributed by atoms with Crippen molar-refractivity contribution < 1.29 is 13.2 Å². The summed E-state index contributed by atoms with van der Waals surface area (Å²) in [6, 6.07) is 4.68. The third kappa shape index (κ3) is 4.25. The van der Waals surface area contributed by atoms with Gasteiger partial charge in [-0.05, 0) is 38.5 Å². The Morgan fingerprint density at radius 1 is 1.27 bits per heavy atom. The molecule has 0 unspecified atom stereocenters. The lowest BCUT2D eigenvalue weighted by Crippen LogP contribution is -2.25. The third-order valence-electron chi connectivity index (χ3n) is 3.95. The van der Waals surface area contributed by atoms with Gasteiger partial charge in [-0.2, -0.15) is 0 Å². The monoisotopic (exact) mass is 397 g/mol. The molecule has 142 valence electrons. The average Bonchev–Trinajstić information content (AvgIpc) is 2.88. The van der Waals surface area contributed by atoms with Gasteiger partial charge in [0.2, 0.25) is 15.9 Å². The third-order valence-corrected chi connectivity index (χ3v) is 6.89. The Bertz CT molecular complexity index is 922. The van der Waals surface area contributed by atoms with E-state index in [2.05, 4.69) is 15.5 Å². The van der Waals surface area contributed by atoms with Crippen LogP contribution in [0, 0.1) is 13.8 Å². The largest absolute Gasteiger partial charge is 0.325 e. The van der Waals surface area contributed by atoms with Gasteiger partial charge in [-0.15, -0.1) is 10.2 Å². The Hall–Kier alpha value is -1.91. The van der Waals surface area contributed by atoms with E-state index in [9.17, 15) is 13.2 Å². The summed E-state index contributed by atoms with van der Waals surface area (Å²) in [5, 5.41) is 11.0. The van der Waals surface area contributed by atoms with Crippen LogP contribution < -0.4 is 5.32 Å². The number of rotatable bonds is 6. The minimum absolute atomic E-state index is 0.132. The molecule has 0 aliphatic heterocycles. The number of benzene rings is 1. The molecule has 8 nitrogen and oxygen atoms in total. The molecule has 1 aromatic carbocycles. The maximum atomic E-state index is 12.5. The number of sulfonamides is 1. The molecule has 1 amide bonds. The van der Waals surface area contributed by atoms with E-state index in [1.54, 1.807) is 13.0 Å². The van der Waals surface area contributed by atoms with Gasteiger partial charge < -0.3 is 9.88 Å². The van der Waals surface area contributed by atoms with Crippen molar-refractivity contribution in [3.63, 3.8) is 0 Å². The van der Waals surface area contributed by atoms with Gasteiger partial charge in [-0.3, -0.25) is 4.79 Å². The highest BCUT2D eigenvalue weighted by Gasteiger charge is 2.21. The van der Waals surface area contributed by atoms with Gasteiger partial charge in [0, 0.05) is 26.8 Å². The smallest absolute Gasteiger partial charge is 0.242 e. The maximum Gasteiger partial charge on any atom is 0.242 e. The van der Waals surface area contributed by atoms with Gasteiger partial charge >= 0.3 is 0 Å². The molecule has 1 aromatic heterocycles. The second kappa shape index (κ2) is 7.77. The number of aromatic nitrogens is 3. The number of amides is 1. The highest BCUT2D eigenvalue weighted by Crippen LogP contribution is 2.25. The lowest BCUT2D eigenvalue weighted by molar-refractivity contribution is -0.115. The number of hydrogen-bond acceptors (Lipinski definition) is 6. The van der Waals surface area contributed by atoms with Crippen molar-refractivity contribution in [2.75, 3.05) is 19.4 Å². The fourth-order valence-electron chi connectivity index (χ4n) is 2.04. The number of nitrogens with zero attached hydrogens (tertiary/aromatic N) is 4. The number of aryl methyl sites for hydroxylation is 2. The molecule has 0 bridgehead atoms. The number of nitrogens with one attached hydrogen (secondary N) is 1. The summed E-state index contributed by atoms with van der Waals surface area (Å²) in [7, 11) is 1.20. The standard InChI is InChI=1S/C16H23N5O3S2/c1-10-7-8-13(26(23,24)20(4)5)9-14(10)17-15(22)11(2)25-16-19-18-12(3)21(16)6/h7-9,11H,1-6H3,(H,17,22)/t11-/m0/s1. The van der Waals surface area contributed by atoms with Crippen LogP contribution in [-0.4, -0.2) is 52.7 Å². The van der Waals surface area contributed by atoms with E-state index in [-0.39, 0.29) is 10.8 Å². The number of thioether (sulfide) groups is 1. The van der Waals surface area contributed by atoms with Crippen molar-refractivity contribution in [2.45, 2.75) is 36.1 Å². The average molecular weight is 398 g/mol. The second-order valence-electron chi connectivity index (χ2n) is 6.10. The summed E-state index contributed by atoms with van der Waals surface area (Å²) in [5.74, 6) is 0.524. The number of carbonyl (C=O) groups excluding carboxylic acids is 1. The van der Waals surface area contributed by atoms with Crippen LogP contribution >= 0.6 is 11.8 Å². The Kier molecular flexibility index (Phi) is 6.09. The molecule has 0 fully saturated rings. The molecule has 26 heavy (non-hydrogen) atoms. The SMILES string of the molecule is Cc1ccc(S(=O)(=O)N(C)C)cc1NC(=O)[C@H](C)Sc1nnc(C)n1C. The van der Waals surface area contributed by atoms with E-state index in [4.69, 9.17) is 0 Å². The molecule has 1 atom stereocenters. The van der Waals surface area contributed by atoms with Crippen molar-refractivity contribution >= 4 is 33.4 Å². The fraction of sp³-hybridized carbons (Fsp3) is 0.438. The van der Waals surface area contributed by atoms with Gasteiger partial charge in [0.1, 0.15) is 5.82 Å².